The largest absolute Gasteiger partial charge is 0.353 e. The van der Waals surface area contributed by atoms with E-state index in [0.29, 0.717) is 25.4 Å². The average molecular weight is 338 g/mol. The van der Waals surface area contributed by atoms with Crippen LogP contribution in [-0.4, -0.2) is 35.8 Å². The number of hydrogen-bond donors (Lipinski definition) is 1. The highest BCUT2D eigenvalue weighted by Crippen LogP contribution is 2.22. The normalized spacial score (nSPS) is 15.6. The summed E-state index contributed by atoms with van der Waals surface area (Å²) in [6, 6.07) is 14.0. The molecule has 1 aliphatic heterocycles. The van der Waals surface area contributed by atoms with E-state index in [1.54, 1.807) is 0 Å². The first-order valence-corrected chi connectivity index (χ1v) is 9.11. The number of amides is 2. The summed E-state index contributed by atoms with van der Waals surface area (Å²) >= 11 is 0. The monoisotopic (exact) mass is 338 g/mol. The molecule has 1 heterocycles. The number of likely N-dealkylation sites (tertiary alicyclic amines) is 1. The first-order chi connectivity index (χ1) is 12.0. The fraction of sp³-hybridized carbons (Fsp3) is 0.429. The number of piperidine rings is 1. The van der Waals surface area contributed by atoms with E-state index in [1.165, 1.54) is 0 Å². The molecule has 2 amide bonds. The Balaban J connectivity index is 1.63. The molecule has 25 heavy (non-hydrogen) atoms. The van der Waals surface area contributed by atoms with E-state index in [2.05, 4.69) is 5.32 Å². The summed E-state index contributed by atoms with van der Waals surface area (Å²) in [5, 5.41) is 5.19. The van der Waals surface area contributed by atoms with Gasteiger partial charge in [0.15, 0.2) is 0 Å². The third kappa shape index (κ3) is 4.19. The molecule has 1 fully saturated rings. The lowest BCUT2D eigenvalue weighted by atomic mass is 10.0. The van der Waals surface area contributed by atoms with Crippen molar-refractivity contribution in [3.8, 4) is 0 Å². The lowest BCUT2D eigenvalue weighted by Crippen LogP contribution is -2.46. The minimum atomic E-state index is 0.0868. The molecule has 4 nitrogen and oxygen atoms in total. The molecular formula is C21H26N2O2. The van der Waals surface area contributed by atoms with Gasteiger partial charge in [0.25, 0.3) is 5.91 Å². The maximum atomic E-state index is 12.9. The molecule has 132 valence electrons. The predicted molar refractivity (Wildman–Crippen MR) is 100 cm³/mol. The lowest BCUT2D eigenvalue weighted by molar-refractivity contribution is -0.122. The Hall–Kier alpha value is -2.36. The minimum Gasteiger partial charge on any atom is -0.353 e. The van der Waals surface area contributed by atoms with E-state index in [9.17, 15) is 9.59 Å². The second-order valence-electron chi connectivity index (χ2n) is 7.26. The van der Waals surface area contributed by atoms with Crippen LogP contribution >= 0.6 is 0 Å². The summed E-state index contributed by atoms with van der Waals surface area (Å²) in [7, 11) is 0. The molecule has 0 radical (unpaired) electrons. The molecule has 0 bridgehead atoms. The molecule has 1 aliphatic rings. The molecule has 0 aliphatic carbocycles. The summed E-state index contributed by atoms with van der Waals surface area (Å²) < 4.78 is 0. The van der Waals surface area contributed by atoms with E-state index in [0.717, 1.165) is 29.2 Å². The summed E-state index contributed by atoms with van der Waals surface area (Å²) in [6.45, 7) is 5.47. The Bertz CT molecular complexity index is 756. The molecule has 2 aromatic carbocycles. The lowest BCUT2D eigenvalue weighted by Gasteiger charge is -2.32. The van der Waals surface area contributed by atoms with Crippen molar-refractivity contribution in [2.24, 2.45) is 5.92 Å². The second kappa shape index (κ2) is 7.68. The zero-order valence-corrected chi connectivity index (χ0v) is 15.0. The summed E-state index contributed by atoms with van der Waals surface area (Å²) in [4.78, 5) is 26.7. The first kappa shape index (κ1) is 17.5. The van der Waals surface area contributed by atoms with Gasteiger partial charge in [0, 0.05) is 31.1 Å². The number of carbonyl (C=O) groups excluding carboxylic acids is 2. The van der Waals surface area contributed by atoms with Crippen molar-refractivity contribution in [3.05, 3.63) is 48.0 Å². The van der Waals surface area contributed by atoms with Crippen molar-refractivity contribution in [1.82, 2.24) is 10.2 Å². The van der Waals surface area contributed by atoms with E-state index >= 15 is 0 Å². The number of rotatable bonds is 4. The maximum absolute atomic E-state index is 12.9. The Kier molecular flexibility index (Phi) is 5.37. The minimum absolute atomic E-state index is 0.0868. The molecule has 0 atom stereocenters. The predicted octanol–water partition coefficient (Wildman–Crippen LogP) is 3.61. The SMILES string of the molecule is CC(C)CC(=O)NC1CCN(C(=O)c2cccc3ccccc23)CC1. The molecule has 0 unspecified atom stereocenters. The number of nitrogens with zero attached hydrogens (tertiary/aromatic N) is 1. The van der Waals surface area contributed by atoms with Crippen LogP contribution in [-0.2, 0) is 4.79 Å². The van der Waals surface area contributed by atoms with Crippen LogP contribution in [0.15, 0.2) is 42.5 Å². The van der Waals surface area contributed by atoms with Crippen molar-refractivity contribution in [2.75, 3.05) is 13.1 Å². The van der Waals surface area contributed by atoms with Gasteiger partial charge in [0.1, 0.15) is 0 Å². The highest BCUT2D eigenvalue weighted by atomic mass is 16.2. The fourth-order valence-corrected chi connectivity index (χ4v) is 3.47. The first-order valence-electron chi connectivity index (χ1n) is 9.11. The van der Waals surface area contributed by atoms with Crippen LogP contribution in [0.25, 0.3) is 10.8 Å². The van der Waals surface area contributed by atoms with Crippen molar-refractivity contribution in [1.29, 1.82) is 0 Å². The summed E-state index contributed by atoms with van der Waals surface area (Å²) in [5.74, 6) is 0.575. The van der Waals surface area contributed by atoms with Crippen LogP contribution in [0.4, 0.5) is 0 Å². The van der Waals surface area contributed by atoms with E-state index < -0.39 is 0 Å². The van der Waals surface area contributed by atoms with E-state index in [4.69, 9.17) is 0 Å². The zero-order chi connectivity index (χ0) is 17.8. The highest BCUT2D eigenvalue weighted by Gasteiger charge is 2.25. The van der Waals surface area contributed by atoms with Gasteiger partial charge in [0.2, 0.25) is 5.91 Å². The van der Waals surface area contributed by atoms with Crippen LogP contribution in [0.1, 0.15) is 43.5 Å². The quantitative estimate of drug-likeness (QED) is 0.926. The van der Waals surface area contributed by atoms with Crippen molar-refractivity contribution in [2.45, 2.75) is 39.2 Å². The van der Waals surface area contributed by atoms with Crippen molar-refractivity contribution >= 4 is 22.6 Å². The molecule has 1 saturated heterocycles. The number of carbonyl (C=O) groups is 2. The third-order valence-electron chi connectivity index (χ3n) is 4.76. The third-order valence-corrected chi connectivity index (χ3v) is 4.76. The molecule has 4 heteroatoms. The second-order valence-corrected chi connectivity index (χ2v) is 7.26. The van der Waals surface area contributed by atoms with Crippen LogP contribution in [0.3, 0.4) is 0 Å². The fourth-order valence-electron chi connectivity index (χ4n) is 3.47. The maximum Gasteiger partial charge on any atom is 0.254 e. The molecule has 1 N–H and O–H groups in total. The highest BCUT2D eigenvalue weighted by molar-refractivity contribution is 6.07. The molecule has 2 aromatic rings. The summed E-state index contributed by atoms with van der Waals surface area (Å²) in [6.07, 6.45) is 2.20. The number of nitrogens with one attached hydrogen (secondary N) is 1. The van der Waals surface area contributed by atoms with E-state index in [1.807, 2.05) is 61.2 Å². The number of hydrogen-bond acceptors (Lipinski definition) is 2. The Morgan fingerprint density at radius 2 is 1.76 bits per heavy atom. The molecule has 0 saturated carbocycles. The summed E-state index contributed by atoms with van der Waals surface area (Å²) in [5.41, 5.74) is 0.764. The van der Waals surface area contributed by atoms with Gasteiger partial charge < -0.3 is 10.2 Å². The van der Waals surface area contributed by atoms with Crippen molar-refractivity contribution < 1.29 is 9.59 Å². The standard InChI is InChI=1S/C21H26N2O2/c1-15(2)14-20(24)22-17-10-12-23(13-11-17)21(25)19-9-5-7-16-6-3-4-8-18(16)19/h3-9,15,17H,10-14H2,1-2H3,(H,22,24). The van der Waals surface area contributed by atoms with Gasteiger partial charge in [-0.05, 0) is 35.6 Å². The molecule has 0 spiro atoms. The van der Waals surface area contributed by atoms with Crippen LogP contribution in [0.2, 0.25) is 0 Å². The van der Waals surface area contributed by atoms with Gasteiger partial charge in [-0.25, -0.2) is 0 Å². The smallest absolute Gasteiger partial charge is 0.254 e. The van der Waals surface area contributed by atoms with Crippen LogP contribution < -0.4 is 5.32 Å². The van der Waals surface area contributed by atoms with Crippen molar-refractivity contribution in [3.63, 3.8) is 0 Å². The van der Waals surface area contributed by atoms with Gasteiger partial charge in [-0.1, -0.05) is 50.2 Å². The molecule has 3 rings (SSSR count). The van der Waals surface area contributed by atoms with Gasteiger partial charge in [0.05, 0.1) is 0 Å². The van der Waals surface area contributed by atoms with E-state index in [-0.39, 0.29) is 17.9 Å². The van der Waals surface area contributed by atoms with Gasteiger partial charge in [-0.3, -0.25) is 9.59 Å². The van der Waals surface area contributed by atoms with Gasteiger partial charge in [-0.2, -0.15) is 0 Å². The van der Waals surface area contributed by atoms with Gasteiger partial charge >= 0.3 is 0 Å². The number of fused-ring (bicyclic) bond motifs is 1. The van der Waals surface area contributed by atoms with Crippen LogP contribution in [0.5, 0.6) is 0 Å². The topological polar surface area (TPSA) is 49.4 Å². The van der Waals surface area contributed by atoms with Gasteiger partial charge in [-0.15, -0.1) is 0 Å². The molecular weight excluding hydrogens is 312 g/mol. The Morgan fingerprint density at radius 1 is 1.08 bits per heavy atom. The Labute approximate surface area is 149 Å². The van der Waals surface area contributed by atoms with Crippen LogP contribution in [0, 0.1) is 5.92 Å². The Morgan fingerprint density at radius 3 is 2.48 bits per heavy atom. The molecule has 0 aromatic heterocycles. The average Bonchev–Trinajstić information content (AvgIpc) is 2.60. The number of benzene rings is 2. The zero-order valence-electron chi connectivity index (χ0n) is 15.0.